The Labute approximate surface area is 224 Å². The van der Waals surface area contributed by atoms with Gasteiger partial charge in [-0.1, -0.05) is 36.4 Å². The summed E-state index contributed by atoms with van der Waals surface area (Å²) in [5, 5.41) is 35.8. The monoisotopic (exact) mass is 522 g/mol. The van der Waals surface area contributed by atoms with Crippen molar-refractivity contribution in [3.8, 4) is 17.2 Å². The lowest BCUT2D eigenvalue weighted by molar-refractivity contribution is -0.120. The van der Waals surface area contributed by atoms with Gasteiger partial charge in [-0.25, -0.2) is 0 Å². The average molecular weight is 523 g/mol. The molecule has 0 aromatic heterocycles. The van der Waals surface area contributed by atoms with Crippen LogP contribution in [-0.4, -0.2) is 54.6 Å². The second-order valence-corrected chi connectivity index (χ2v) is 9.36. The van der Waals surface area contributed by atoms with Crippen molar-refractivity contribution in [2.24, 2.45) is 0 Å². The molecule has 8 heteroatoms. The summed E-state index contributed by atoms with van der Waals surface area (Å²) in [7, 11) is 3.20. The van der Waals surface area contributed by atoms with E-state index < -0.39 is 6.10 Å². The van der Waals surface area contributed by atoms with Gasteiger partial charge in [0.2, 0.25) is 5.91 Å². The number of aliphatic hydroxyl groups excluding tert-OH is 2. The summed E-state index contributed by atoms with van der Waals surface area (Å²) in [6.07, 6.45) is 0.956. The molecule has 8 nitrogen and oxygen atoms in total. The molecule has 0 heterocycles. The standard InChI is InChI=1S/C30H38N2O6/c1-20(32-18-27(35)24-8-9-26(34)25(17-24)19-33)13-22-5-4-6-23(14-22)16-30(36)31-12-11-21-7-10-28(37-2)29(15-21)38-3/h4-10,14-15,17,20,27,32-35H,11-13,16,18-19H2,1-3H3,(H,31,36)/t20-,27+/m1/s1. The molecule has 0 aliphatic heterocycles. The normalized spacial score (nSPS) is 12.6. The molecule has 0 unspecified atom stereocenters. The summed E-state index contributed by atoms with van der Waals surface area (Å²) in [5.41, 5.74) is 4.11. The Morgan fingerprint density at radius 3 is 2.45 bits per heavy atom. The van der Waals surface area contributed by atoms with Gasteiger partial charge in [0.15, 0.2) is 11.5 Å². The van der Waals surface area contributed by atoms with Crippen LogP contribution >= 0.6 is 0 Å². The van der Waals surface area contributed by atoms with E-state index in [0.717, 1.165) is 23.1 Å². The Kier molecular flexibility index (Phi) is 11.0. The van der Waals surface area contributed by atoms with Gasteiger partial charge >= 0.3 is 0 Å². The Bertz CT molecular complexity index is 1200. The molecule has 5 N–H and O–H groups in total. The number of carbonyl (C=O) groups is 1. The molecule has 0 spiro atoms. The number of hydrogen-bond donors (Lipinski definition) is 5. The highest BCUT2D eigenvalue weighted by Gasteiger charge is 2.13. The van der Waals surface area contributed by atoms with Gasteiger partial charge in [-0.3, -0.25) is 4.79 Å². The van der Waals surface area contributed by atoms with Crippen molar-refractivity contribution < 1.29 is 29.6 Å². The van der Waals surface area contributed by atoms with Crippen LogP contribution in [0.5, 0.6) is 17.2 Å². The molecule has 0 bridgehead atoms. The molecule has 0 fully saturated rings. The van der Waals surface area contributed by atoms with Crippen LogP contribution in [0.2, 0.25) is 0 Å². The highest BCUT2D eigenvalue weighted by Crippen LogP contribution is 2.27. The Morgan fingerprint density at radius 1 is 0.947 bits per heavy atom. The Morgan fingerprint density at radius 2 is 1.71 bits per heavy atom. The molecule has 1 amide bonds. The summed E-state index contributed by atoms with van der Waals surface area (Å²) < 4.78 is 10.6. The van der Waals surface area contributed by atoms with Gasteiger partial charge in [0.25, 0.3) is 0 Å². The predicted octanol–water partition coefficient (Wildman–Crippen LogP) is 3.06. The fraction of sp³-hybridized carbons (Fsp3) is 0.367. The molecule has 204 valence electrons. The number of benzene rings is 3. The maximum Gasteiger partial charge on any atom is 0.224 e. The molecule has 0 radical (unpaired) electrons. The number of aliphatic hydroxyl groups is 2. The highest BCUT2D eigenvalue weighted by molar-refractivity contribution is 5.78. The number of nitrogens with one attached hydrogen (secondary N) is 2. The van der Waals surface area contributed by atoms with Crippen molar-refractivity contribution >= 4 is 5.91 Å². The largest absolute Gasteiger partial charge is 0.508 e. The van der Waals surface area contributed by atoms with Gasteiger partial charge < -0.3 is 35.4 Å². The number of methoxy groups -OCH3 is 2. The first-order valence-corrected chi connectivity index (χ1v) is 12.7. The van der Waals surface area contributed by atoms with Crippen molar-refractivity contribution in [3.63, 3.8) is 0 Å². The first kappa shape index (κ1) is 29.0. The first-order chi connectivity index (χ1) is 18.3. The number of aromatic hydroxyl groups is 1. The maximum absolute atomic E-state index is 12.5. The number of amides is 1. The topological polar surface area (TPSA) is 120 Å². The van der Waals surface area contributed by atoms with Gasteiger partial charge in [0, 0.05) is 24.7 Å². The maximum atomic E-state index is 12.5. The van der Waals surface area contributed by atoms with Crippen LogP contribution in [0.3, 0.4) is 0 Å². The van der Waals surface area contributed by atoms with E-state index in [0.29, 0.717) is 48.6 Å². The Balaban J connectivity index is 1.44. The van der Waals surface area contributed by atoms with E-state index in [2.05, 4.69) is 10.6 Å². The quantitative estimate of drug-likeness (QED) is 0.221. The third-order valence-electron chi connectivity index (χ3n) is 6.40. The summed E-state index contributed by atoms with van der Waals surface area (Å²) in [4.78, 5) is 12.5. The lowest BCUT2D eigenvalue weighted by atomic mass is 10.0. The summed E-state index contributed by atoms with van der Waals surface area (Å²) >= 11 is 0. The van der Waals surface area contributed by atoms with Crippen molar-refractivity contribution in [3.05, 3.63) is 88.5 Å². The zero-order valence-corrected chi connectivity index (χ0v) is 22.2. The number of rotatable bonds is 14. The first-order valence-electron chi connectivity index (χ1n) is 12.7. The van der Waals surface area contributed by atoms with Crippen molar-refractivity contribution in [1.82, 2.24) is 10.6 Å². The van der Waals surface area contributed by atoms with Gasteiger partial charge in [-0.05, 0) is 66.3 Å². The Hall–Kier alpha value is -3.59. The molecular weight excluding hydrogens is 484 g/mol. The second-order valence-electron chi connectivity index (χ2n) is 9.36. The van der Waals surface area contributed by atoms with Crippen LogP contribution < -0.4 is 20.1 Å². The number of carbonyl (C=O) groups excluding carboxylic acids is 1. The van der Waals surface area contributed by atoms with Gasteiger partial charge in [0.1, 0.15) is 5.75 Å². The minimum absolute atomic E-state index is 0.0104. The van der Waals surface area contributed by atoms with Crippen LogP contribution in [-0.2, 0) is 30.7 Å². The van der Waals surface area contributed by atoms with Gasteiger partial charge in [-0.15, -0.1) is 0 Å². The van der Waals surface area contributed by atoms with Crippen molar-refractivity contribution in [2.75, 3.05) is 27.3 Å². The third kappa shape index (κ3) is 8.48. The molecule has 3 aromatic rings. The fourth-order valence-electron chi connectivity index (χ4n) is 4.29. The van der Waals surface area contributed by atoms with Crippen LogP contribution in [0, 0.1) is 0 Å². The van der Waals surface area contributed by atoms with Gasteiger partial charge in [-0.2, -0.15) is 0 Å². The molecule has 38 heavy (non-hydrogen) atoms. The average Bonchev–Trinajstić information content (AvgIpc) is 2.92. The third-order valence-corrected chi connectivity index (χ3v) is 6.40. The lowest BCUT2D eigenvalue weighted by Gasteiger charge is -2.18. The van der Waals surface area contributed by atoms with E-state index >= 15 is 0 Å². The molecule has 0 aliphatic carbocycles. The van der Waals surface area contributed by atoms with Crippen LogP contribution in [0.1, 0.15) is 40.8 Å². The molecule has 2 atom stereocenters. The van der Waals surface area contributed by atoms with E-state index in [-0.39, 0.29) is 24.3 Å². The van der Waals surface area contributed by atoms with E-state index in [1.54, 1.807) is 26.4 Å². The number of hydrogen-bond acceptors (Lipinski definition) is 7. The van der Waals surface area contributed by atoms with E-state index in [9.17, 15) is 20.1 Å². The molecule has 0 saturated heterocycles. The molecule has 0 aliphatic rings. The van der Waals surface area contributed by atoms with Crippen LogP contribution in [0.15, 0.2) is 60.7 Å². The second kappa shape index (κ2) is 14.4. The minimum atomic E-state index is -0.766. The van der Waals surface area contributed by atoms with Crippen molar-refractivity contribution in [1.29, 1.82) is 0 Å². The molecule has 3 aromatic carbocycles. The number of ether oxygens (including phenoxy) is 2. The number of phenols is 1. The summed E-state index contributed by atoms with van der Waals surface area (Å²) in [6.45, 7) is 2.61. The lowest BCUT2D eigenvalue weighted by Crippen LogP contribution is -2.32. The molecule has 0 saturated carbocycles. The van der Waals surface area contributed by atoms with Crippen LogP contribution in [0.25, 0.3) is 0 Å². The molecular formula is C30H38N2O6. The predicted molar refractivity (Wildman–Crippen MR) is 147 cm³/mol. The summed E-state index contributed by atoms with van der Waals surface area (Å²) in [6, 6.07) is 18.5. The van der Waals surface area contributed by atoms with E-state index in [1.165, 1.54) is 6.07 Å². The minimum Gasteiger partial charge on any atom is -0.508 e. The SMILES string of the molecule is COc1ccc(CCNC(=O)Cc2cccc(C[C@@H](C)NC[C@H](O)c3ccc(O)c(CO)c3)c2)cc1OC. The highest BCUT2D eigenvalue weighted by atomic mass is 16.5. The van der Waals surface area contributed by atoms with E-state index in [1.807, 2.05) is 49.4 Å². The molecule has 3 rings (SSSR count). The zero-order valence-electron chi connectivity index (χ0n) is 22.2. The van der Waals surface area contributed by atoms with Gasteiger partial charge in [0.05, 0.1) is 33.4 Å². The summed E-state index contributed by atoms with van der Waals surface area (Å²) in [5.74, 6) is 1.32. The fourth-order valence-corrected chi connectivity index (χ4v) is 4.29. The smallest absolute Gasteiger partial charge is 0.224 e. The van der Waals surface area contributed by atoms with Crippen LogP contribution in [0.4, 0.5) is 0 Å². The van der Waals surface area contributed by atoms with Crippen molar-refractivity contribution in [2.45, 2.75) is 44.9 Å². The zero-order chi connectivity index (χ0) is 27.5. The van der Waals surface area contributed by atoms with E-state index in [4.69, 9.17) is 9.47 Å².